The molecular weight excluding hydrogens is 284 g/mol. The van der Waals surface area contributed by atoms with Gasteiger partial charge in [-0.3, -0.25) is 0 Å². The van der Waals surface area contributed by atoms with Gasteiger partial charge in [0.15, 0.2) is 11.5 Å². The highest BCUT2D eigenvalue weighted by atomic mass is 35.5. The van der Waals surface area contributed by atoms with Crippen molar-refractivity contribution in [1.29, 1.82) is 0 Å². The van der Waals surface area contributed by atoms with E-state index in [4.69, 9.17) is 21.1 Å². The predicted octanol–water partition coefficient (Wildman–Crippen LogP) is 5.98. The summed E-state index contributed by atoms with van der Waals surface area (Å²) >= 11 is 6.60. The maximum absolute atomic E-state index is 6.60. The molecule has 1 aromatic rings. The van der Waals surface area contributed by atoms with Crippen molar-refractivity contribution in [3.63, 3.8) is 0 Å². The monoisotopic (exact) mass is 312 g/mol. The van der Waals surface area contributed by atoms with Crippen LogP contribution in [0.3, 0.4) is 0 Å². The summed E-state index contributed by atoms with van der Waals surface area (Å²) < 4.78 is 11.6. The molecule has 3 heteroatoms. The van der Waals surface area contributed by atoms with Gasteiger partial charge in [-0.1, -0.05) is 40.2 Å². The number of hydrogen-bond donors (Lipinski definition) is 0. The molecule has 0 saturated carbocycles. The standard InChI is InChI=1S/C18H29ClO2/c1-5-8-14(4)18(19)15-9-10-16(20-11-6-2)17(13-15)21-12-7-3/h9-10,13-14,18H,5-8,11-12H2,1-4H3. The van der Waals surface area contributed by atoms with Gasteiger partial charge in [-0.15, -0.1) is 11.6 Å². The molecule has 2 nitrogen and oxygen atoms in total. The maximum atomic E-state index is 6.60. The SMILES string of the molecule is CCCOc1ccc(C(Cl)C(C)CCC)cc1OCCC. The van der Waals surface area contributed by atoms with Gasteiger partial charge in [-0.25, -0.2) is 0 Å². The van der Waals surface area contributed by atoms with Crippen LogP contribution in [-0.2, 0) is 0 Å². The third-order valence-electron chi connectivity index (χ3n) is 3.45. The zero-order valence-corrected chi connectivity index (χ0v) is 14.6. The molecule has 0 bridgehead atoms. The van der Waals surface area contributed by atoms with E-state index < -0.39 is 0 Å². The largest absolute Gasteiger partial charge is 0.490 e. The molecule has 2 unspecified atom stereocenters. The third kappa shape index (κ3) is 5.78. The van der Waals surface area contributed by atoms with E-state index in [9.17, 15) is 0 Å². The molecule has 0 N–H and O–H groups in total. The van der Waals surface area contributed by atoms with Gasteiger partial charge in [0.1, 0.15) is 0 Å². The summed E-state index contributed by atoms with van der Waals surface area (Å²) in [5.41, 5.74) is 1.12. The van der Waals surface area contributed by atoms with Crippen LogP contribution < -0.4 is 9.47 Å². The molecule has 120 valence electrons. The number of ether oxygens (including phenoxy) is 2. The van der Waals surface area contributed by atoms with E-state index >= 15 is 0 Å². The van der Waals surface area contributed by atoms with Crippen molar-refractivity contribution in [3.05, 3.63) is 23.8 Å². The van der Waals surface area contributed by atoms with Crippen LogP contribution in [0.15, 0.2) is 18.2 Å². The highest BCUT2D eigenvalue weighted by Crippen LogP contribution is 2.37. The number of halogens is 1. The smallest absolute Gasteiger partial charge is 0.161 e. The van der Waals surface area contributed by atoms with E-state index in [0.29, 0.717) is 19.1 Å². The minimum absolute atomic E-state index is 0.0224. The maximum Gasteiger partial charge on any atom is 0.161 e. The van der Waals surface area contributed by atoms with Crippen molar-refractivity contribution in [2.75, 3.05) is 13.2 Å². The molecule has 0 fully saturated rings. The second kappa shape index (κ2) is 9.94. The molecule has 21 heavy (non-hydrogen) atoms. The lowest BCUT2D eigenvalue weighted by molar-refractivity contribution is 0.268. The van der Waals surface area contributed by atoms with Gasteiger partial charge in [0.05, 0.1) is 18.6 Å². The highest BCUT2D eigenvalue weighted by molar-refractivity contribution is 6.21. The summed E-state index contributed by atoms with van der Waals surface area (Å²) in [5.74, 6) is 2.09. The Bertz CT molecular complexity index is 406. The molecule has 0 radical (unpaired) electrons. The summed E-state index contributed by atoms with van der Waals surface area (Å²) in [7, 11) is 0. The second-order valence-corrected chi connectivity index (χ2v) is 6.04. The summed E-state index contributed by atoms with van der Waals surface area (Å²) in [6.45, 7) is 10.0. The molecular formula is C18H29ClO2. The fourth-order valence-corrected chi connectivity index (χ4v) is 2.54. The lowest BCUT2D eigenvalue weighted by atomic mass is 9.96. The number of alkyl halides is 1. The fourth-order valence-electron chi connectivity index (χ4n) is 2.28. The number of hydrogen-bond acceptors (Lipinski definition) is 2. The summed E-state index contributed by atoms with van der Waals surface area (Å²) in [6.07, 6.45) is 4.25. The van der Waals surface area contributed by atoms with E-state index in [0.717, 1.165) is 42.7 Å². The Balaban J connectivity index is 2.91. The Hall–Kier alpha value is -0.890. The van der Waals surface area contributed by atoms with Crippen LogP contribution in [-0.4, -0.2) is 13.2 Å². The molecule has 1 aromatic carbocycles. The first-order valence-corrected chi connectivity index (χ1v) is 8.61. The van der Waals surface area contributed by atoms with E-state index in [1.54, 1.807) is 0 Å². The Labute approximate surface area is 134 Å². The van der Waals surface area contributed by atoms with Gasteiger partial charge in [0.25, 0.3) is 0 Å². The molecule has 0 spiro atoms. The van der Waals surface area contributed by atoms with Crippen molar-refractivity contribution >= 4 is 11.6 Å². The zero-order valence-electron chi connectivity index (χ0n) is 13.8. The molecule has 0 heterocycles. The van der Waals surface area contributed by atoms with Crippen LogP contribution in [0.2, 0.25) is 0 Å². The molecule has 0 aliphatic heterocycles. The van der Waals surface area contributed by atoms with Crippen LogP contribution >= 0.6 is 11.6 Å². The Morgan fingerprint density at radius 2 is 1.57 bits per heavy atom. The van der Waals surface area contributed by atoms with Crippen molar-refractivity contribution in [1.82, 2.24) is 0 Å². The molecule has 0 aromatic heterocycles. The van der Waals surface area contributed by atoms with Crippen molar-refractivity contribution < 1.29 is 9.47 Å². The van der Waals surface area contributed by atoms with Crippen LogP contribution in [0.4, 0.5) is 0 Å². The van der Waals surface area contributed by atoms with Crippen molar-refractivity contribution in [2.24, 2.45) is 5.92 Å². The fraction of sp³-hybridized carbons (Fsp3) is 0.667. The van der Waals surface area contributed by atoms with Crippen LogP contribution in [0.25, 0.3) is 0 Å². The first-order chi connectivity index (χ1) is 10.1. The molecule has 0 aliphatic carbocycles. The molecule has 1 rings (SSSR count). The minimum Gasteiger partial charge on any atom is -0.490 e. The van der Waals surface area contributed by atoms with E-state index in [2.05, 4.69) is 33.8 Å². The normalized spacial score (nSPS) is 13.8. The van der Waals surface area contributed by atoms with Crippen molar-refractivity contribution in [3.8, 4) is 11.5 Å². The van der Waals surface area contributed by atoms with Crippen molar-refractivity contribution in [2.45, 2.75) is 58.8 Å². The highest BCUT2D eigenvalue weighted by Gasteiger charge is 2.18. The predicted molar refractivity (Wildman–Crippen MR) is 90.7 cm³/mol. The second-order valence-electron chi connectivity index (χ2n) is 5.57. The number of rotatable bonds is 10. The molecule has 2 atom stereocenters. The van der Waals surface area contributed by atoms with Gasteiger partial charge >= 0.3 is 0 Å². The van der Waals surface area contributed by atoms with E-state index in [1.807, 2.05) is 12.1 Å². The van der Waals surface area contributed by atoms with E-state index in [-0.39, 0.29) is 5.38 Å². The van der Waals surface area contributed by atoms with E-state index in [1.165, 1.54) is 0 Å². The Morgan fingerprint density at radius 1 is 0.952 bits per heavy atom. The van der Waals surface area contributed by atoms with Gasteiger partial charge in [0, 0.05) is 0 Å². The molecule has 0 amide bonds. The van der Waals surface area contributed by atoms with Gasteiger partial charge in [0.2, 0.25) is 0 Å². The quantitative estimate of drug-likeness (QED) is 0.495. The van der Waals surface area contributed by atoms with Crippen LogP contribution in [0, 0.1) is 5.92 Å². The summed E-state index contributed by atoms with van der Waals surface area (Å²) in [6, 6.07) is 6.10. The average molecular weight is 313 g/mol. The summed E-state index contributed by atoms with van der Waals surface area (Å²) in [5, 5.41) is 0.0224. The van der Waals surface area contributed by atoms with Crippen LogP contribution in [0.1, 0.15) is 64.3 Å². The Morgan fingerprint density at radius 3 is 2.14 bits per heavy atom. The molecule has 0 aliphatic rings. The minimum atomic E-state index is 0.0224. The Kier molecular flexibility index (Phi) is 8.60. The lowest BCUT2D eigenvalue weighted by Gasteiger charge is -2.20. The summed E-state index contributed by atoms with van der Waals surface area (Å²) in [4.78, 5) is 0. The number of benzene rings is 1. The molecule has 0 saturated heterocycles. The van der Waals surface area contributed by atoms with Gasteiger partial charge in [-0.05, 0) is 42.9 Å². The first-order valence-electron chi connectivity index (χ1n) is 8.17. The van der Waals surface area contributed by atoms with Crippen LogP contribution in [0.5, 0.6) is 11.5 Å². The average Bonchev–Trinajstić information content (AvgIpc) is 2.50. The third-order valence-corrected chi connectivity index (χ3v) is 4.14. The van der Waals surface area contributed by atoms with Gasteiger partial charge < -0.3 is 9.47 Å². The topological polar surface area (TPSA) is 18.5 Å². The van der Waals surface area contributed by atoms with Gasteiger partial charge in [-0.2, -0.15) is 0 Å². The lowest BCUT2D eigenvalue weighted by Crippen LogP contribution is -2.06. The first kappa shape index (κ1) is 18.2. The zero-order chi connectivity index (χ0) is 15.7.